The molecule has 6 heteroatoms. The van der Waals surface area contributed by atoms with E-state index in [2.05, 4.69) is 21.9 Å². The maximum Gasteiger partial charge on any atom is 0.227 e. The first-order valence-corrected chi connectivity index (χ1v) is 8.14. The lowest BCUT2D eigenvalue weighted by Crippen LogP contribution is -2.46. The lowest BCUT2D eigenvalue weighted by Gasteiger charge is -2.35. The lowest BCUT2D eigenvalue weighted by atomic mass is 10.2. The van der Waals surface area contributed by atoms with E-state index in [9.17, 15) is 9.90 Å². The highest BCUT2D eigenvalue weighted by Gasteiger charge is 2.20. The number of anilines is 1. The van der Waals surface area contributed by atoms with Gasteiger partial charge in [0.05, 0.1) is 12.4 Å². The highest BCUT2D eigenvalue weighted by atomic mass is 35.5. The smallest absolute Gasteiger partial charge is 0.227 e. The van der Waals surface area contributed by atoms with Crippen LogP contribution in [0.4, 0.5) is 5.69 Å². The number of benzene rings is 1. The zero-order chi connectivity index (χ0) is 16.2. The van der Waals surface area contributed by atoms with E-state index in [1.165, 1.54) is 11.8 Å². The Bertz CT molecular complexity index is 710. The van der Waals surface area contributed by atoms with Crippen LogP contribution in [-0.4, -0.2) is 36.2 Å². The van der Waals surface area contributed by atoms with Gasteiger partial charge in [-0.3, -0.25) is 9.69 Å². The van der Waals surface area contributed by atoms with Crippen molar-refractivity contribution in [3.8, 4) is 5.75 Å². The predicted octanol–water partition coefficient (Wildman–Crippen LogP) is 2.41. The van der Waals surface area contributed by atoms with Crippen molar-refractivity contribution >= 4 is 17.3 Å². The van der Waals surface area contributed by atoms with Crippen LogP contribution in [0.1, 0.15) is 11.5 Å². The fourth-order valence-electron chi connectivity index (χ4n) is 2.77. The fourth-order valence-corrected chi connectivity index (χ4v) is 2.90. The minimum Gasteiger partial charge on any atom is -0.502 e. The van der Waals surface area contributed by atoms with Crippen molar-refractivity contribution in [2.45, 2.75) is 12.4 Å². The minimum absolute atomic E-state index is 0.115. The van der Waals surface area contributed by atoms with Gasteiger partial charge < -0.3 is 14.4 Å². The maximum atomic E-state index is 11.7. The highest BCUT2D eigenvalue weighted by Crippen LogP contribution is 2.20. The normalized spacial score (nSPS) is 15.8. The second kappa shape index (κ2) is 7.06. The Balaban J connectivity index is 1.65. The highest BCUT2D eigenvalue weighted by molar-refractivity contribution is 6.16. The summed E-state index contributed by atoms with van der Waals surface area (Å²) in [5, 5.41) is 9.89. The van der Waals surface area contributed by atoms with Gasteiger partial charge in [-0.1, -0.05) is 18.2 Å². The average molecular weight is 335 g/mol. The van der Waals surface area contributed by atoms with Crippen molar-refractivity contribution in [3.05, 3.63) is 58.1 Å². The molecular formula is C17H19ClN2O3. The summed E-state index contributed by atoms with van der Waals surface area (Å²) >= 11 is 5.72. The van der Waals surface area contributed by atoms with Gasteiger partial charge in [0.15, 0.2) is 5.76 Å². The van der Waals surface area contributed by atoms with E-state index in [-0.39, 0.29) is 11.6 Å². The number of piperazine rings is 1. The van der Waals surface area contributed by atoms with E-state index >= 15 is 0 Å². The standard InChI is InChI=1S/C17H19ClN2O3/c18-11-14-10-15(21)17(22)16(23-14)12-19-6-8-20(9-7-19)13-4-2-1-3-5-13/h1-5,10,22H,6-9,11-12H2. The Morgan fingerprint density at radius 3 is 2.48 bits per heavy atom. The van der Waals surface area contributed by atoms with Gasteiger partial charge in [0.2, 0.25) is 11.2 Å². The molecule has 1 fully saturated rings. The van der Waals surface area contributed by atoms with Gasteiger partial charge in [0, 0.05) is 37.9 Å². The summed E-state index contributed by atoms with van der Waals surface area (Å²) in [6, 6.07) is 11.5. The van der Waals surface area contributed by atoms with Crippen molar-refractivity contribution in [2.24, 2.45) is 0 Å². The van der Waals surface area contributed by atoms with Crippen LogP contribution < -0.4 is 10.3 Å². The van der Waals surface area contributed by atoms with Gasteiger partial charge in [-0.15, -0.1) is 11.6 Å². The maximum absolute atomic E-state index is 11.7. The Labute approximate surface area is 139 Å². The average Bonchev–Trinajstić information content (AvgIpc) is 2.60. The first-order chi connectivity index (χ1) is 11.2. The molecule has 3 rings (SSSR count). The van der Waals surface area contributed by atoms with E-state index in [0.29, 0.717) is 18.1 Å². The molecule has 5 nitrogen and oxygen atoms in total. The monoisotopic (exact) mass is 334 g/mol. The number of halogens is 1. The molecule has 1 aromatic heterocycles. The number of alkyl halides is 1. The summed E-state index contributed by atoms with van der Waals surface area (Å²) < 4.78 is 5.52. The van der Waals surface area contributed by atoms with E-state index < -0.39 is 5.43 Å². The zero-order valence-electron chi connectivity index (χ0n) is 12.7. The summed E-state index contributed by atoms with van der Waals surface area (Å²) in [5.74, 6) is 0.475. The molecule has 1 aliphatic heterocycles. The van der Waals surface area contributed by atoms with Crippen LogP contribution in [0.25, 0.3) is 0 Å². The summed E-state index contributed by atoms with van der Waals surface area (Å²) in [6.07, 6.45) is 0. The third kappa shape index (κ3) is 3.68. The second-order valence-corrected chi connectivity index (χ2v) is 5.85. The SMILES string of the molecule is O=c1cc(CCl)oc(CN2CCN(c3ccccc3)CC2)c1O. The van der Waals surface area contributed by atoms with Crippen molar-refractivity contribution in [1.82, 2.24) is 4.90 Å². The van der Waals surface area contributed by atoms with Crippen LogP contribution in [0, 0.1) is 0 Å². The van der Waals surface area contributed by atoms with Crippen LogP contribution in [0.3, 0.4) is 0 Å². The van der Waals surface area contributed by atoms with E-state index in [0.717, 1.165) is 26.2 Å². The molecule has 0 radical (unpaired) electrons. The molecule has 0 aliphatic carbocycles. The molecule has 0 bridgehead atoms. The molecular weight excluding hydrogens is 316 g/mol. The van der Waals surface area contributed by atoms with Crippen molar-refractivity contribution < 1.29 is 9.52 Å². The number of nitrogens with zero attached hydrogens (tertiary/aromatic N) is 2. The van der Waals surface area contributed by atoms with E-state index in [1.54, 1.807) is 0 Å². The van der Waals surface area contributed by atoms with E-state index in [4.69, 9.17) is 16.0 Å². The second-order valence-electron chi connectivity index (χ2n) is 5.58. The first-order valence-electron chi connectivity index (χ1n) is 7.60. The van der Waals surface area contributed by atoms with Gasteiger partial charge in [-0.25, -0.2) is 0 Å². The zero-order valence-corrected chi connectivity index (χ0v) is 13.5. The molecule has 1 saturated heterocycles. The molecule has 1 aliphatic rings. The number of hydrogen-bond donors (Lipinski definition) is 1. The van der Waals surface area contributed by atoms with Crippen molar-refractivity contribution in [3.63, 3.8) is 0 Å². The molecule has 122 valence electrons. The summed E-state index contributed by atoms with van der Waals surface area (Å²) in [7, 11) is 0. The summed E-state index contributed by atoms with van der Waals surface area (Å²) in [6.45, 7) is 3.87. The van der Waals surface area contributed by atoms with Gasteiger partial charge in [-0.05, 0) is 12.1 Å². The largest absolute Gasteiger partial charge is 0.502 e. The predicted molar refractivity (Wildman–Crippen MR) is 90.1 cm³/mol. The molecule has 1 N–H and O–H groups in total. The molecule has 0 spiro atoms. The lowest BCUT2D eigenvalue weighted by molar-refractivity contribution is 0.220. The van der Waals surface area contributed by atoms with Gasteiger partial charge in [-0.2, -0.15) is 0 Å². The molecule has 23 heavy (non-hydrogen) atoms. The first kappa shape index (κ1) is 15.9. The molecule has 0 amide bonds. The minimum atomic E-state index is -0.440. The number of rotatable bonds is 4. The van der Waals surface area contributed by atoms with Crippen LogP contribution in [0.15, 0.2) is 45.6 Å². The Morgan fingerprint density at radius 2 is 1.83 bits per heavy atom. The Hall–Kier alpha value is -1.98. The molecule has 2 heterocycles. The van der Waals surface area contributed by atoms with E-state index in [1.807, 2.05) is 18.2 Å². The quantitative estimate of drug-likeness (QED) is 0.870. The Morgan fingerprint density at radius 1 is 1.13 bits per heavy atom. The molecule has 0 atom stereocenters. The summed E-state index contributed by atoms with van der Waals surface area (Å²) in [5.41, 5.74) is 0.774. The van der Waals surface area contributed by atoms with Gasteiger partial charge in [0.25, 0.3) is 0 Å². The van der Waals surface area contributed by atoms with Crippen LogP contribution in [0.2, 0.25) is 0 Å². The van der Waals surface area contributed by atoms with Crippen molar-refractivity contribution in [1.29, 1.82) is 0 Å². The Kier molecular flexibility index (Phi) is 4.88. The molecule has 0 saturated carbocycles. The molecule has 0 unspecified atom stereocenters. The van der Waals surface area contributed by atoms with Crippen LogP contribution in [0.5, 0.6) is 5.75 Å². The molecule has 1 aromatic carbocycles. The number of para-hydroxylation sites is 1. The van der Waals surface area contributed by atoms with Crippen molar-refractivity contribution in [2.75, 3.05) is 31.1 Å². The third-order valence-corrected chi connectivity index (χ3v) is 4.30. The van der Waals surface area contributed by atoms with Crippen LogP contribution >= 0.6 is 11.6 Å². The van der Waals surface area contributed by atoms with Crippen LogP contribution in [-0.2, 0) is 12.4 Å². The van der Waals surface area contributed by atoms with Gasteiger partial charge in [0.1, 0.15) is 5.76 Å². The van der Waals surface area contributed by atoms with Gasteiger partial charge >= 0.3 is 0 Å². The third-order valence-electron chi connectivity index (χ3n) is 4.04. The number of aromatic hydroxyl groups is 1. The summed E-state index contributed by atoms with van der Waals surface area (Å²) in [4.78, 5) is 16.2. The topological polar surface area (TPSA) is 56.9 Å². The number of hydrogen-bond acceptors (Lipinski definition) is 5. The molecule has 2 aromatic rings. The fraction of sp³-hybridized carbons (Fsp3) is 0.353.